The quantitative estimate of drug-likeness (QED) is 0.845. The molecule has 2 aliphatic heterocycles. The summed E-state index contributed by atoms with van der Waals surface area (Å²) in [5, 5.41) is 23.1. The van der Waals surface area contributed by atoms with Crippen LogP contribution in [-0.2, 0) is 23.2 Å². The molecular weight excluding hydrogens is 342 g/mol. The minimum atomic E-state index is -0.812. The summed E-state index contributed by atoms with van der Waals surface area (Å²) in [4.78, 5) is 2.56. The van der Waals surface area contributed by atoms with E-state index in [2.05, 4.69) is 17.0 Å². The van der Waals surface area contributed by atoms with Gasteiger partial charge in [-0.1, -0.05) is 12.1 Å². The summed E-state index contributed by atoms with van der Waals surface area (Å²) < 4.78 is 11.9. The number of ether oxygens (including phenoxy) is 2. The van der Waals surface area contributed by atoms with Crippen molar-refractivity contribution in [1.29, 1.82) is 0 Å². The molecule has 6 rings (SSSR count). The van der Waals surface area contributed by atoms with E-state index in [1.165, 1.54) is 24.0 Å². The van der Waals surface area contributed by atoms with Crippen molar-refractivity contribution in [3.8, 4) is 5.75 Å². The molecule has 146 valence electrons. The fourth-order valence-corrected chi connectivity index (χ4v) is 6.79. The second kappa shape index (κ2) is 5.47. The van der Waals surface area contributed by atoms with Crippen molar-refractivity contribution in [2.45, 2.75) is 74.4 Å². The Balaban J connectivity index is 1.54. The molecule has 5 aliphatic rings. The number of aliphatic hydroxyl groups is 2. The molecule has 5 atom stereocenters. The third-order valence-corrected chi connectivity index (χ3v) is 8.13. The Bertz CT molecular complexity index is 793. The molecule has 3 aliphatic carbocycles. The van der Waals surface area contributed by atoms with Crippen LogP contribution in [0.25, 0.3) is 0 Å². The number of rotatable bonds is 4. The molecule has 3 fully saturated rings. The monoisotopic (exact) mass is 371 g/mol. The number of nitrogens with zero attached hydrogens (tertiary/aromatic N) is 1. The third-order valence-electron chi connectivity index (χ3n) is 8.13. The normalized spacial score (nSPS) is 42.0. The maximum absolute atomic E-state index is 12.2. The minimum Gasteiger partial charge on any atom is -0.486 e. The van der Waals surface area contributed by atoms with E-state index in [0.717, 1.165) is 43.2 Å². The lowest BCUT2D eigenvalue weighted by Crippen LogP contribution is -2.77. The van der Waals surface area contributed by atoms with Crippen LogP contribution in [0.5, 0.6) is 5.75 Å². The molecule has 1 spiro atoms. The van der Waals surface area contributed by atoms with Crippen LogP contribution in [0.3, 0.4) is 0 Å². The first-order valence-corrected chi connectivity index (χ1v) is 10.5. The topological polar surface area (TPSA) is 62.2 Å². The van der Waals surface area contributed by atoms with Gasteiger partial charge in [0.05, 0.1) is 23.7 Å². The van der Waals surface area contributed by atoms with Crippen molar-refractivity contribution in [3.05, 3.63) is 28.8 Å². The summed E-state index contributed by atoms with van der Waals surface area (Å²) in [6.07, 6.45) is 4.82. The Morgan fingerprint density at radius 1 is 1.26 bits per heavy atom. The van der Waals surface area contributed by atoms with Gasteiger partial charge in [0.25, 0.3) is 0 Å². The summed E-state index contributed by atoms with van der Waals surface area (Å²) in [6, 6.07) is 4.47. The second-order valence-corrected chi connectivity index (χ2v) is 9.47. The molecule has 1 aromatic carbocycles. The molecule has 2 heterocycles. The molecule has 2 bridgehead atoms. The predicted molar refractivity (Wildman–Crippen MR) is 99.8 cm³/mol. The van der Waals surface area contributed by atoms with Gasteiger partial charge in [0.2, 0.25) is 0 Å². The zero-order chi connectivity index (χ0) is 18.4. The van der Waals surface area contributed by atoms with E-state index in [1.807, 2.05) is 0 Å². The number of methoxy groups -OCH3 is 1. The molecule has 0 amide bonds. The number of aliphatic hydroxyl groups excluding tert-OH is 1. The Morgan fingerprint density at radius 3 is 2.89 bits per heavy atom. The van der Waals surface area contributed by atoms with Crippen molar-refractivity contribution < 1.29 is 19.7 Å². The van der Waals surface area contributed by atoms with Crippen LogP contribution in [0.4, 0.5) is 0 Å². The van der Waals surface area contributed by atoms with Gasteiger partial charge in [0, 0.05) is 30.8 Å². The van der Waals surface area contributed by atoms with Gasteiger partial charge in [0.15, 0.2) is 0 Å². The Labute approximate surface area is 160 Å². The average molecular weight is 371 g/mol. The van der Waals surface area contributed by atoms with Gasteiger partial charge >= 0.3 is 0 Å². The maximum Gasteiger partial charge on any atom is 0.137 e. The van der Waals surface area contributed by atoms with Gasteiger partial charge in [-0.05, 0) is 56.6 Å². The molecule has 2 saturated carbocycles. The fraction of sp³-hybridized carbons (Fsp3) is 0.727. The van der Waals surface area contributed by atoms with Crippen molar-refractivity contribution in [3.63, 3.8) is 0 Å². The Hall–Kier alpha value is -1.14. The molecule has 27 heavy (non-hydrogen) atoms. The van der Waals surface area contributed by atoms with Crippen molar-refractivity contribution >= 4 is 0 Å². The SMILES string of the molecule is COCc1ccc2c3c1O[C@H]1[C@@H](O)CC[C@@]4(O)[C@@H](C2)N(CC2CC2)CC[C@]314. The minimum absolute atomic E-state index is 0.136. The lowest BCUT2D eigenvalue weighted by molar-refractivity contribution is -0.208. The van der Waals surface area contributed by atoms with E-state index in [1.54, 1.807) is 7.11 Å². The van der Waals surface area contributed by atoms with E-state index in [4.69, 9.17) is 9.47 Å². The zero-order valence-electron chi connectivity index (χ0n) is 16.0. The average Bonchev–Trinajstić information content (AvgIpc) is 3.39. The Morgan fingerprint density at radius 2 is 2.11 bits per heavy atom. The third kappa shape index (κ3) is 1.99. The summed E-state index contributed by atoms with van der Waals surface area (Å²) in [5.41, 5.74) is 2.24. The lowest BCUT2D eigenvalue weighted by Gasteiger charge is -2.63. The summed E-state index contributed by atoms with van der Waals surface area (Å²) in [7, 11) is 1.70. The number of benzene rings is 1. The van der Waals surface area contributed by atoms with E-state index < -0.39 is 17.1 Å². The van der Waals surface area contributed by atoms with Crippen molar-refractivity contribution in [1.82, 2.24) is 4.90 Å². The van der Waals surface area contributed by atoms with Crippen LogP contribution < -0.4 is 4.74 Å². The molecule has 2 N–H and O–H groups in total. The van der Waals surface area contributed by atoms with Gasteiger partial charge in [-0.2, -0.15) is 0 Å². The van der Waals surface area contributed by atoms with E-state index in [-0.39, 0.29) is 12.1 Å². The number of piperidine rings is 1. The summed E-state index contributed by atoms with van der Waals surface area (Å²) in [6.45, 7) is 2.60. The predicted octanol–water partition coefficient (Wildman–Crippen LogP) is 1.76. The van der Waals surface area contributed by atoms with Crippen molar-refractivity contribution in [2.24, 2.45) is 5.92 Å². The first-order chi connectivity index (χ1) is 13.1. The highest BCUT2D eigenvalue weighted by atomic mass is 16.5. The lowest BCUT2D eigenvalue weighted by atomic mass is 9.48. The molecule has 1 aromatic rings. The summed E-state index contributed by atoms with van der Waals surface area (Å²) in [5.74, 6) is 1.70. The van der Waals surface area contributed by atoms with Gasteiger partial charge in [-0.3, -0.25) is 4.90 Å². The van der Waals surface area contributed by atoms with Gasteiger partial charge in [-0.15, -0.1) is 0 Å². The molecule has 1 saturated heterocycles. The summed E-state index contributed by atoms with van der Waals surface area (Å²) >= 11 is 0. The highest BCUT2D eigenvalue weighted by Crippen LogP contribution is 2.64. The standard InChI is InChI=1S/C22H29NO4/c1-26-12-15-5-4-14-10-17-22(25)7-6-16(24)20-21(22,18(14)19(15)27-20)8-9-23(17)11-13-2-3-13/h4-5,13,16-17,20,24-25H,2-3,6-12H2,1H3/t16-,17+,20-,21-,22+/m0/s1. The molecular formula is C22H29NO4. The van der Waals surface area contributed by atoms with Crippen molar-refractivity contribution in [2.75, 3.05) is 20.2 Å². The van der Waals surface area contributed by atoms with Crippen LogP contribution in [0.15, 0.2) is 12.1 Å². The molecule has 0 aromatic heterocycles. The molecule has 0 radical (unpaired) electrons. The highest BCUT2D eigenvalue weighted by Gasteiger charge is 2.72. The largest absolute Gasteiger partial charge is 0.486 e. The number of likely N-dealkylation sites (tertiary alicyclic amines) is 1. The van der Waals surface area contributed by atoms with Crippen LogP contribution in [0, 0.1) is 5.92 Å². The van der Waals surface area contributed by atoms with E-state index in [0.29, 0.717) is 19.4 Å². The zero-order valence-corrected chi connectivity index (χ0v) is 16.0. The van der Waals surface area contributed by atoms with Crippen LogP contribution in [0.1, 0.15) is 48.8 Å². The number of hydrogen-bond donors (Lipinski definition) is 2. The van der Waals surface area contributed by atoms with E-state index >= 15 is 0 Å². The van der Waals surface area contributed by atoms with E-state index in [9.17, 15) is 10.2 Å². The van der Waals surface area contributed by atoms with Gasteiger partial charge in [-0.25, -0.2) is 0 Å². The first-order valence-electron chi connectivity index (χ1n) is 10.5. The second-order valence-electron chi connectivity index (χ2n) is 9.47. The molecule has 0 unspecified atom stereocenters. The van der Waals surface area contributed by atoms with Gasteiger partial charge < -0.3 is 19.7 Å². The van der Waals surface area contributed by atoms with Gasteiger partial charge in [0.1, 0.15) is 11.9 Å². The van der Waals surface area contributed by atoms with Crippen LogP contribution in [0.2, 0.25) is 0 Å². The van der Waals surface area contributed by atoms with Crippen LogP contribution >= 0.6 is 0 Å². The van der Waals surface area contributed by atoms with Crippen LogP contribution in [-0.4, -0.2) is 59.2 Å². The smallest absolute Gasteiger partial charge is 0.137 e. The molecule has 5 nitrogen and oxygen atoms in total. The fourth-order valence-electron chi connectivity index (χ4n) is 6.79. The number of hydrogen-bond acceptors (Lipinski definition) is 5. The highest BCUT2D eigenvalue weighted by molar-refractivity contribution is 5.60. The Kier molecular flexibility index (Phi) is 3.40. The molecule has 5 heteroatoms. The first kappa shape index (κ1) is 16.8. The maximum atomic E-state index is 12.2.